The van der Waals surface area contributed by atoms with Gasteiger partial charge < -0.3 is 0 Å². The molecule has 0 aliphatic heterocycles. The van der Waals surface area contributed by atoms with Gasteiger partial charge in [-0.05, 0) is 30.7 Å². The Morgan fingerprint density at radius 3 is 2.71 bits per heavy atom. The molecule has 0 radical (unpaired) electrons. The molecule has 0 unspecified atom stereocenters. The van der Waals surface area contributed by atoms with Gasteiger partial charge in [-0.25, -0.2) is 0 Å². The van der Waals surface area contributed by atoms with Gasteiger partial charge in [0.1, 0.15) is 0 Å². The molecule has 2 nitrogen and oxygen atoms in total. The third kappa shape index (κ3) is 3.57. The fourth-order valence-electron chi connectivity index (χ4n) is 2.56. The molecule has 2 rings (SSSR count). The van der Waals surface area contributed by atoms with Crippen molar-refractivity contribution in [2.45, 2.75) is 58.4 Å². The average molecular weight is 299 g/mol. The zero-order chi connectivity index (χ0) is 12.3. The lowest BCUT2D eigenvalue weighted by atomic mass is 9.91. The molecule has 1 aliphatic rings. The summed E-state index contributed by atoms with van der Waals surface area (Å²) in [5.41, 5.74) is 1.53. The normalized spacial score (nSPS) is 18.5. The Kier molecular flexibility index (Phi) is 4.29. The molecule has 1 aromatic heterocycles. The highest BCUT2D eigenvalue weighted by Gasteiger charge is 2.20. The predicted octanol–water partition coefficient (Wildman–Crippen LogP) is 4.35. The van der Waals surface area contributed by atoms with E-state index in [0.717, 1.165) is 11.8 Å². The summed E-state index contributed by atoms with van der Waals surface area (Å²) in [6.07, 6.45) is 9.99. The number of aromatic nitrogens is 2. The van der Waals surface area contributed by atoms with Gasteiger partial charge in [0.05, 0.1) is 11.7 Å². The SMILES string of the molecule is CC(C)(CBr)Cc1ccn(C2CCCCC2)n1. The molecule has 0 amide bonds. The maximum atomic E-state index is 4.76. The highest BCUT2D eigenvalue weighted by Crippen LogP contribution is 2.28. The molecule has 0 bridgehead atoms. The molecular weight excluding hydrogens is 276 g/mol. The number of rotatable bonds is 4. The van der Waals surface area contributed by atoms with Crippen molar-refractivity contribution in [3.63, 3.8) is 0 Å². The van der Waals surface area contributed by atoms with Crippen LogP contribution >= 0.6 is 15.9 Å². The summed E-state index contributed by atoms with van der Waals surface area (Å²) in [4.78, 5) is 0. The summed E-state index contributed by atoms with van der Waals surface area (Å²) in [7, 11) is 0. The monoisotopic (exact) mass is 298 g/mol. The van der Waals surface area contributed by atoms with E-state index in [2.05, 4.69) is 46.7 Å². The van der Waals surface area contributed by atoms with Crippen LogP contribution in [0.2, 0.25) is 0 Å². The second-order valence-electron chi connectivity index (χ2n) is 6.05. The molecule has 0 spiro atoms. The second kappa shape index (κ2) is 5.55. The van der Waals surface area contributed by atoms with Crippen LogP contribution in [-0.2, 0) is 6.42 Å². The van der Waals surface area contributed by atoms with Gasteiger partial charge in [-0.1, -0.05) is 49.0 Å². The maximum absolute atomic E-state index is 4.76. The van der Waals surface area contributed by atoms with Crippen LogP contribution in [-0.4, -0.2) is 15.1 Å². The smallest absolute Gasteiger partial charge is 0.0630 e. The Labute approximate surface area is 113 Å². The Balaban J connectivity index is 2.00. The molecule has 3 heteroatoms. The molecule has 0 aromatic carbocycles. The summed E-state index contributed by atoms with van der Waals surface area (Å²) in [6.45, 7) is 4.56. The molecule has 1 saturated carbocycles. The Morgan fingerprint density at radius 2 is 2.06 bits per heavy atom. The number of halogens is 1. The minimum absolute atomic E-state index is 0.297. The quantitative estimate of drug-likeness (QED) is 0.756. The van der Waals surface area contributed by atoms with Gasteiger partial charge in [0, 0.05) is 11.5 Å². The first-order chi connectivity index (χ1) is 8.11. The van der Waals surface area contributed by atoms with E-state index >= 15 is 0 Å². The third-order valence-electron chi connectivity index (χ3n) is 3.63. The lowest BCUT2D eigenvalue weighted by Crippen LogP contribution is -2.18. The summed E-state index contributed by atoms with van der Waals surface area (Å²) in [5, 5.41) is 5.79. The van der Waals surface area contributed by atoms with Crippen LogP contribution in [0.5, 0.6) is 0 Å². The fourth-order valence-corrected chi connectivity index (χ4v) is 2.76. The summed E-state index contributed by atoms with van der Waals surface area (Å²) in [6, 6.07) is 2.85. The van der Waals surface area contributed by atoms with Crippen LogP contribution in [0.3, 0.4) is 0 Å². The van der Waals surface area contributed by atoms with Gasteiger partial charge >= 0.3 is 0 Å². The molecule has 0 N–H and O–H groups in total. The van der Waals surface area contributed by atoms with Gasteiger partial charge in [-0.3, -0.25) is 4.68 Å². The van der Waals surface area contributed by atoms with Crippen LogP contribution in [0.1, 0.15) is 57.7 Å². The van der Waals surface area contributed by atoms with Crippen molar-refractivity contribution in [1.29, 1.82) is 0 Å². The lowest BCUT2D eigenvalue weighted by Gasteiger charge is -2.22. The minimum Gasteiger partial charge on any atom is -0.269 e. The van der Waals surface area contributed by atoms with Crippen LogP contribution in [0.4, 0.5) is 0 Å². The van der Waals surface area contributed by atoms with Crippen molar-refractivity contribution in [1.82, 2.24) is 9.78 Å². The molecule has 1 aliphatic carbocycles. The second-order valence-corrected chi connectivity index (χ2v) is 6.61. The van der Waals surface area contributed by atoms with E-state index in [-0.39, 0.29) is 0 Å². The van der Waals surface area contributed by atoms with E-state index in [1.54, 1.807) is 0 Å². The molecule has 17 heavy (non-hydrogen) atoms. The van der Waals surface area contributed by atoms with E-state index in [9.17, 15) is 0 Å². The molecule has 1 aromatic rings. The first-order valence-electron chi connectivity index (χ1n) is 6.71. The van der Waals surface area contributed by atoms with Crippen molar-refractivity contribution in [3.05, 3.63) is 18.0 Å². The largest absolute Gasteiger partial charge is 0.269 e. The Morgan fingerprint density at radius 1 is 1.35 bits per heavy atom. The Bertz CT molecular complexity index is 351. The number of hydrogen-bond donors (Lipinski definition) is 0. The van der Waals surface area contributed by atoms with Crippen molar-refractivity contribution >= 4 is 15.9 Å². The predicted molar refractivity (Wildman–Crippen MR) is 75.6 cm³/mol. The standard InChI is InChI=1S/C14H23BrN2/c1-14(2,11-15)10-12-8-9-17(16-12)13-6-4-3-5-7-13/h8-9,13H,3-7,10-11H2,1-2H3. The van der Waals surface area contributed by atoms with E-state index in [1.165, 1.54) is 37.8 Å². The van der Waals surface area contributed by atoms with Gasteiger partial charge in [-0.15, -0.1) is 0 Å². The van der Waals surface area contributed by atoms with Gasteiger partial charge in [-0.2, -0.15) is 5.10 Å². The van der Waals surface area contributed by atoms with Crippen molar-refractivity contribution < 1.29 is 0 Å². The zero-order valence-electron chi connectivity index (χ0n) is 11.0. The van der Waals surface area contributed by atoms with E-state index in [1.807, 2.05) is 0 Å². The fraction of sp³-hybridized carbons (Fsp3) is 0.786. The molecular formula is C14H23BrN2. The first kappa shape index (κ1) is 13.1. The molecule has 1 fully saturated rings. The number of alkyl halides is 1. The van der Waals surface area contributed by atoms with Gasteiger partial charge in [0.25, 0.3) is 0 Å². The number of nitrogens with zero attached hydrogens (tertiary/aromatic N) is 2. The Hall–Kier alpha value is -0.310. The van der Waals surface area contributed by atoms with Crippen LogP contribution in [0.15, 0.2) is 12.3 Å². The highest BCUT2D eigenvalue weighted by molar-refractivity contribution is 9.09. The van der Waals surface area contributed by atoms with E-state index < -0.39 is 0 Å². The first-order valence-corrected chi connectivity index (χ1v) is 7.83. The molecule has 0 atom stereocenters. The van der Waals surface area contributed by atoms with Gasteiger partial charge in [0.15, 0.2) is 0 Å². The van der Waals surface area contributed by atoms with E-state index in [0.29, 0.717) is 11.5 Å². The zero-order valence-corrected chi connectivity index (χ0v) is 12.5. The summed E-state index contributed by atoms with van der Waals surface area (Å²) in [5.74, 6) is 0. The molecule has 1 heterocycles. The molecule has 96 valence electrons. The number of hydrogen-bond acceptors (Lipinski definition) is 1. The van der Waals surface area contributed by atoms with E-state index in [4.69, 9.17) is 5.10 Å². The average Bonchev–Trinajstić information content (AvgIpc) is 2.78. The maximum Gasteiger partial charge on any atom is 0.0630 e. The minimum atomic E-state index is 0.297. The van der Waals surface area contributed by atoms with Crippen molar-refractivity contribution in [2.75, 3.05) is 5.33 Å². The third-order valence-corrected chi connectivity index (χ3v) is 5.15. The van der Waals surface area contributed by atoms with Crippen molar-refractivity contribution in [2.24, 2.45) is 5.41 Å². The van der Waals surface area contributed by atoms with Gasteiger partial charge in [0.2, 0.25) is 0 Å². The summed E-state index contributed by atoms with van der Waals surface area (Å²) >= 11 is 3.58. The van der Waals surface area contributed by atoms with Crippen LogP contribution < -0.4 is 0 Å². The van der Waals surface area contributed by atoms with Crippen molar-refractivity contribution in [3.8, 4) is 0 Å². The van der Waals surface area contributed by atoms with Crippen LogP contribution in [0.25, 0.3) is 0 Å². The topological polar surface area (TPSA) is 17.8 Å². The highest BCUT2D eigenvalue weighted by atomic mass is 79.9. The molecule has 0 saturated heterocycles. The summed E-state index contributed by atoms with van der Waals surface area (Å²) < 4.78 is 2.21. The van der Waals surface area contributed by atoms with Crippen LogP contribution in [0, 0.1) is 5.41 Å². The lowest BCUT2D eigenvalue weighted by molar-refractivity contribution is 0.325.